The first kappa shape index (κ1) is 17.6. The van der Waals surface area contributed by atoms with Crippen molar-refractivity contribution in [3.63, 3.8) is 0 Å². The number of benzene rings is 2. The summed E-state index contributed by atoms with van der Waals surface area (Å²) in [4.78, 5) is 29.0. The molecule has 1 aromatic heterocycles. The Morgan fingerprint density at radius 1 is 1.19 bits per heavy atom. The van der Waals surface area contributed by atoms with Gasteiger partial charge in [-0.05, 0) is 30.7 Å². The number of hydrogen-bond acceptors (Lipinski definition) is 6. The number of fused-ring (bicyclic) bond motifs is 2. The van der Waals surface area contributed by atoms with E-state index in [0.717, 1.165) is 20.1 Å². The molecule has 0 bridgehead atoms. The quantitative estimate of drug-likeness (QED) is 0.725. The number of rotatable bonds is 4. The van der Waals surface area contributed by atoms with Gasteiger partial charge in [0.15, 0.2) is 5.13 Å². The van der Waals surface area contributed by atoms with E-state index in [4.69, 9.17) is 0 Å². The van der Waals surface area contributed by atoms with Crippen molar-refractivity contribution in [2.45, 2.75) is 18.2 Å². The van der Waals surface area contributed by atoms with Crippen LogP contribution in [0.2, 0.25) is 0 Å². The van der Waals surface area contributed by atoms with E-state index in [1.807, 2.05) is 25.1 Å². The first-order valence-electron chi connectivity index (χ1n) is 8.20. The van der Waals surface area contributed by atoms with Crippen LogP contribution >= 0.6 is 11.3 Å². The molecular weight excluding hydrogens is 386 g/mol. The lowest BCUT2D eigenvalue weighted by molar-refractivity contribution is -0.116. The normalized spacial score (nSPS) is 15.1. The molecule has 0 saturated carbocycles. The van der Waals surface area contributed by atoms with Gasteiger partial charge in [0.25, 0.3) is 15.9 Å². The number of amides is 2. The molecule has 0 radical (unpaired) electrons. The second kappa shape index (κ2) is 6.43. The summed E-state index contributed by atoms with van der Waals surface area (Å²) in [5, 5.41) is 3.13. The number of nitrogens with zero attached hydrogens (tertiary/aromatic N) is 2. The molecule has 3 aromatic rings. The highest BCUT2D eigenvalue weighted by atomic mass is 32.2. The van der Waals surface area contributed by atoms with E-state index < -0.39 is 21.8 Å². The number of para-hydroxylation sites is 1. The molecule has 1 aliphatic rings. The van der Waals surface area contributed by atoms with Crippen LogP contribution in [0.25, 0.3) is 10.2 Å². The number of sulfonamides is 1. The van der Waals surface area contributed by atoms with Gasteiger partial charge in [0, 0.05) is 13.0 Å². The topological polar surface area (TPSA) is 96.4 Å². The van der Waals surface area contributed by atoms with Gasteiger partial charge in [-0.15, -0.1) is 0 Å². The second-order valence-electron chi connectivity index (χ2n) is 6.12. The van der Waals surface area contributed by atoms with Crippen LogP contribution in [0.4, 0.5) is 5.13 Å². The Bertz CT molecular complexity index is 1180. The summed E-state index contributed by atoms with van der Waals surface area (Å²) in [5.74, 6) is -1.00. The number of aryl methyl sites for hydroxylation is 1. The molecule has 7 nitrogen and oxygen atoms in total. The predicted molar refractivity (Wildman–Crippen MR) is 102 cm³/mol. The number of nitrogens with one attached hydrogen (secondary N) is 1. The van der Waals surface area contributed by atoms with Gasteiger partial charge >= 0.3 is 0 Å². The van der Waals surface area contributed by atoms with Crippen LogP contribution in [0.3, 0.4) is 0 Å². The maximum atomic E-state index is 12.5. The molecule has 138 valence electrons. The predicted octanol–water partition coefficient (Wildman–Crippen LogP) is 2.78. The zero-order valence-electron chi connectivity index (χ0n) is 14.3. The summed E-state index contributed by atoms with van der Waals surface area (Å²) < 4.78 is 26.7. The fourth-order valence-corrected chi connectivity index (χ4v) is 5.51. The zero-order valence-corrected chi connectivity index (χ0v) is 15.9. The van der Waals surface area contributed by atoms with E-state index in [2.05, 4.69) is 10.3 Å². The summed E-state index contributed by atoms with van der Waals surface area (Å²) in [7, 11) is -3.90. The van der Waals surface area contributed by atoms with Crippen molar-refractivity contribution in [2.75, 3.05) is 11.9 Å². The number of carbonyl (C=O) groups is 2. The Kier molecular flexibility index (Phi) is 4.20. The standard InChI is InChI=1S/C18H15N3O4S2/c1-11-5-4-7-13-16(11)20-18(26-13)19-15(22)9-10-21-17(23)12-6-2-3-8-14(12)27(21,24)25/h2-8H,9-10H2,1H3,(H,19,20,22). The van der Waals surface area contributed by atoms with Crippen LogP contribution in [0, 0.1) is 6.92 Å². The zero-order chi connectivity index (χ0) is 19.2. The monoisotopic (exact) mass is 401 g/mol. The molecule has 2 aromatic carbocycles. The van der Waals surface area contributed by atoms with Crippen molar-refractivity contribution < 1.29 is 18.0 Å². The maximum absolute atomic E-state index is 12.5. The molecule has 4 rings (SSSR count). The second-order valence-corrected chi connectivity index (χ2v) is 8.98. The van der Waals surface area contributed by atoms with Gasteiger partial charge in [-0.3, -0.25) is 9.59 Å². The van der Waals surface area contributed by atoms with Gasteiger partial charge < -0.3 is 5.32 Å². The van der Waals surface area contributed by atoms with E-state index in [-0.39, 0.29) is 23.4 Å². The first-order chi connectivity index (χ1) is 12.9. The number of carbonyl (C=O) groups excluding carboxylic acids is 2. The lowest BCUT2D eigenvalue weighted by Gasteiger charge is -2.14. The van der Waals surface area contributed by atoms with Gasteiger partial charge in [0.2, 0.25) is 5.91 Å². The summed E-state index contributed by atoms with van der Waals surface area (Å²) in [5.41, 5.74) is 1.97. The van der Waals surface area contributed by atoms with Crippen molar-refractivity contribution in [3.05, 3.63) is 53.6 Å². The maximum Gasteiger partial charge on any atom is 0.269 e. The molecule has 0 fully saturated rings. The minimum absolute atomic E-state index is 0.0166. The lowest BCUT2D eigenvalue weighted by atomic mass is 10.2. The fourth-order valence-electron chi connectivity index (χ4n) is 2.98. The Labute approximate surface area is 159 Å². The highest BCUT2D eigenvalue weighted by molar-refractivity contribution is 7.90. The first-order valence-corrected chi connectivity index (χ1v) is 10.5. The van der Waals surface area contributed by atoms with Crippen LogP contribution in [0.5, 0.6) is 0 Å². The molecule has 0 saturated heterocycles. The van der Waals surface area contributed by atoms with Crippen LogP contribution in [0.1, 0.15) is 22.3 Å². The van der Waals surface area contributed by atoms with Gasteiger partial charge in [-0.2, -0.15) is 0 Å². The van der Waals surface area contributed by atoms with Crippen molar-refractivity contribution in [1.82, 2.24) is 9.29 Å². The number of hydrogen-bond donors (Lipinski definition) is 1. The fraction of sp³-hybridized carbons (Fsp3) is 0.167. The lowest BCUT2D eigenvalue weighted by Crippen LogP contribution is -2.33. The molecule has 2 heterocycles. The van der Waals surface area contributed by atoms with Crippen molar-refractivity contribution in [1.29, 1.82) is 0 Å². The third-order valence-electron chi connectivity index (χ3n) is 4.32. The SMILES string of the molecule is Cc1cccc2sc(NC(=O)CCN3C(=O)c4ccccc4S3(=O)=O)nc12. The molecule has 2 amide bonds. The summed E-state index contributed by atoms with van der Waals surface area (Å²) in [6.07, 6.45) is -0.145. The Hall–Kier alpha value is -2.78. The Morgan fingerprint density at radius 2 is 1.96 bits per heavy atom. The molecule has 0 atom stereocenters. The summed E-state index contributed by atoms with van der Waals surface area (Å²) >= 11 is 1.35. The van der Waals surface area contributed by atoms with E-state index in [9.17, 15) is 18.0 Å². The highest BCUT2D eigenvalue weighted by Crippen LogP contribution is 2.30. The van der Waals surface area contributed by atoms with Crippen LogP contribution < -0.4 is 5.32 Å². The van der Waals surface area contributed by atoms with E-state index in [0.29, 0.717) is 5.13 Å². The highest BCUT2D eigenvalue weighted by Gasteiger charge is 2.40. The van der Waals surface area contributed by atoms with Gasteiger partial charge in [-0.1, -0.05) is 35.6 Å². The third-order valence-corrected chi connectivity index (χ3v) is 7.10. The summed E-state index contributed by atoms with van der Waals surface area (Å²) in [6.45, 7) is 1.72. The smallest absolute Gasteiger partial charge is 0.269 e. The Morgan fingerprint density at radius 3 is 2.70 bits per heavy atom. The molecule has 1 N–H and O–H groups in total. The van der Waals surface area contributed by atoms with E-state index >= 15 is 0 Å². The molecule has 0 aliphatic carbocycles. The molecule has 27 heavy (non-hydrogen) atoms. The van der Waals surface area contributed by atoms with Crippen LogP contribution in [-0.2, 0) is 14.8 Å². The average molecular weight is 401 g/mol. The Balaban J connectivity index is 1.46. The van der Waals surface area contributed by atoms with Gasteiger partial charge in [-0.25, -0.2) is 17.7 Å². The minimum atomic E-state index is -3.90. The molecule has 9 heteroatoms. The summed E-state index contributed by atoms with van der Waals surface area (Å²) in [6, 6.07) is 11.8. The largest absolute Gasteiger partial charge is 0.302 e. The molecular formula is C18H15N3O4S2. The van der Waals surface area contributed by atoms with Gasteiger partial charge in [0.05, 0.1) is 15.8 Å². The van der Waals surface area contributed by atoms with Crippen molar-refractivity contribution in [2.24, 2.45) is 0 Å². The molecule has 0 spiro atoms. The van der Waals surface area contributed by atoms with E-state index in [1.165, 1.54) is 23.5 Å². The number of thiazole rings is 1. The van der Waals surface area contributed by atoms with Crippen LogP contribution in [-0.4, -0.2) is 36.1 Å². The van der Waals surface area contributed by atoms with Crippen molar-refractivity contribution in [3.8, 4) is 0 Å². The number of anilines is 1. The van der Waals surface area contributed by atoms with E-state index in [1.54, 1.807) is 12.1 Å². The molecule has 0 unspecified atom stereocenters. The third kappa shape index (κ3) is 2.98. The van der Waals surface area contributed by atoms with Gasteiger partial charge in [0.1, 0.15) is 4.90 Å². The average Bonchev–Trinajstić information content (AvgIpc) is 3.12. The number of aromatic nitrogens is 1. The van der Waals surface area contributed by atoms with Crippen LogP contribution in [0.15, 0.2) is 47.4 Å². The minimum Gasteiger partial charge on any atom is -0.302 e. The molecule has 1 aliphatic heterocycles. The van der Waals surface area contributed by atoms with Crippen molar-refractivity contribution >= 4 is 48.5 Å².